The van der Waals surface area contributed by atoms with Crippen molar-refractivity contribution in [1.29, 1.82) is 0 Å². The Morgan fingerprint density at radius 1 is 1.43 bits per heavy atom. The lowest BCUT2D eigenvalue weighted by Crippen LogP contribution is -3.13. The number of nitrogens with zero attached hydrogens (tertiary/aromatic N) is 1. The molecule has 1 unspecified atom stereocenters. The summed E-state index contributed by atoms with van der Waals surface area (Å²) in [4.78, 5) is 10.3. The third-order valence-corrected chi connectivity index (χ3v) is 4.31. The number of carboxylic acid groups (broad SMARTS) is 1. The Bertz CT molecular complexity index is 308. The van der Waals surface area contributed by atoms with Crippen LogP contribution in [0.4, 0.5) is 0 Å². The number of carboxylic acids is 1. The maximum Gasteiger partial charge on any atom is 0.371 e. The fraction of sp³-hybridized carbons (Fsp3) is 0.857. The summed E-state index contributed by atoms with van der Waals surface area (Å²) < 4.78 is 24.6. The van der Waals surface area contributed by atoms with E-state index >= 15 is 0 Å². The standard InChI is InChI=1S/C7H14N2O4S/c1-8(6-7(10)11)14(12,13)9-4-2-3-5-9/h2-6H2,1H3,(H,10,11). The molecule has 0 aromatic rings. The van der Waals surface area contributed by atoms with Gasteiger partial charge in [0.1, 0.15) is 6.54 Å². The highest BCUT2D eigenvalue weighted by Gasteiger charge is 2.32. The number of likely N-dealkylation sites (N-methyl/N-ethyl adjacent to an activating group) is 1. The first-order chi connectivity index (χ1) is 6.44. The fourth-order valence-corrected chi connectivity index (χ4v) is 2.92. The summed E-state index contributed by atoms with van der Waals surface area (Å²) in [6.07, 6.45) is 1.69. The molecule has 0 spiro atoms. The lowest BCUT2D eigenvalue weighted by Gasteiger charge is -2.20. The molecule has 0 aromatic carbocycles. The molecule has 0 aromatic heterocycles. The SMILES string of the molecule is C[NH+](CC(=O)[O-])S(=O)(=O)N1CCCC1. The molecule has 14 heavy (non-hydrogen) atoms. The predicted molar refractivity (Wildman–Crippen MR) is 46.5 cm³/mol. The second-order valence-corrected chi connectivity index (χ2v) is 5.53. The average molecular weight is 222 g/mol. The molecule has 1 rings (SSSR count). The quantitative estimate of drug-likeness (QED) is 0.537. The summed E-state index contributed by atoms with van der Waals surface area (Å²) in [7, 11) is -2.18. The first-order valence-electron chi connectivity index (χ1n) is 4.47. The highest BCUT2D eigenvalue weighted by molar-refractivity contribution is 7.82. The van der Waals surface area contributed by atoms with Gasteiger partial charge in [-0.2, -0.15) is 12.7 Å². The molecule has 0 bridgehead atoms. The summed E-state index contributed by atoms with van der Waals surface area (Å²) in [5, 5.41) is 10.3. The van der Waals surface area contributed by atoms with E-state index in [0.717, 1.165) is 12.8 Å². The van der Waals surface area contributed by atoms with Crippen LogP contribution in [0.15, 0.2) is 0 Å². The minimum absolute atomic E-state index is 0.0422. The number of rotatable bonds is 4. The molecule has 82 valence electrons. The van der Waals surface area contributed by atoms with Crippen molar-refractivity contribution in [1.82, 2.24) is 4.31 Å². The van der Waals surface area contributed by atoms with Gasteiger partial charge in [0, 0.05) is 13.1 Å². The first kappa shape index (κ1) is 11.4. The van der Waals surface area contributed by atoms with E-state index in [1.54, 1.807) is 0 Å². The number of quaternary nitrogens is 1. The van der Waals surface area contributed by atoms with E-state index in [9.17, 15) is 18.3 Å². The van der Waals surface area contributed by atoms with E-state index in [1.165, 1.54) is 11.4 Å². The first-order valence-corrected chi connectivity index (χ1v) is 5.91. The molecule has 1 saturated heterocycles. The smallest absolute Gasteiger partial charge is 0.371 e. The van der Waals surface area contributed by atoms with E-state index < -0.39 is 22.7 Å². The van der Waals surface area contributed by atoms with Gasteiger partial charge >= 0.3 is 10.2 Å². The molecule has 1 heterocycles. The summed E-state index contributed by atoms with van der Waals surface area (Å²) >= 11 is 0. The van der Waals surface area contributed by atoms with E-state index in [2.05, 4.69) is 0 Å². The van der Waals surface area contributed by atoms with Crippen molar-refractivity contribution >= 4 is 16.2 Å². The number of hydrogen-bond acceptors (Lipinski definition) is 4. The van der Waals surface area contributed by atoms with Gasteiger partial charge in [-0.15, -0.1) is 0 Å². The molecule has 1 aliphatic heterocycles. The zero-order valence-corrected chi connectivity index (χ0v) is 8.84. The topological polar surface area (TPSA) is 82.0 Å². The second-order valence-electron chi connectivity index (χ2n) is 3.36. The zero-order chi connectivity index (χ0) is 10.8. The molecule has 1 N–H and O–H groups in total. The van der Waals surface area contributed by atoms with Crippen molar-refractivity contribution in [3.8, 4) is 0 Å². The fourth-order valence-electron chi connectivity index (χ4n) is 1.44. The third kappa shape index (κ3) is 2.43. The molecule has 7 heteroatoms. The molecule has 0 aliphatic carbocycles. The van der Waals surface area contributed by atoms with Crippen LogP contribution >= 0.6 is 0 Å². The van der Waals surface area contributed by atoms with Gasteiger partial charge in [0.15, 0.2) is 0 Å². The van der Waals surface area contributed by atoms with Crippen molar-refractivity contribution < 1.29 is 22.6 Å². The number of nitrogens with one attached hydrogen (secondary N) is 1. The second kappa shape index (κ2) is 4.24. The van der Waals surface area contributed by atoms with E-state index in [4.69, 9.17) is 0 Å². The Balaban J connectivity index is 2.68. The lowest BCUT2D eigenvalue weighted by molar-refractivity contribution is -0.740. The number of carbonyl (C=O) groups is 1. The van der Waals surface area contributed by atoms with Crippen molar-refractivity contribution in [2.45, 2.75) is 12.8 Å². The number of carbonyl (C=O) groups excluding carboxylic acids is 1. The van der Waals surface area contributed by atoms with Crippen molar-refractivity contribution in [3.63, 3.8) is 0 Å². The molecule has 6 nitrogen and oxygen atoms in total. The van der Waals surface area contributed by atoms with Gasteiger partial charge in [0.2, 0.25) is 0 Å². The lowest BCUT2D eigenvalue weighted by atomic mass is 10.4. The Morgan fingerprint density at radius 2 is 1.93 bits per heavy atom. The molecule has 1 atom stereocenters. The van der Waals surface area contributed by atoms with E-state index in [1.807, 2.05) is 0 Å². The van der Waals surface area contributed by atoms with Crippen LogP contribution in [0.2, 0.25) is 0 Å². The molecule has 1 fully saturated rings. The molecule has 0 radical (unpaired) electrons. The monoisotopic (exact) mass is 222 g/mol. The third-order valence-electron chi connectivity index (χ3n) is 2.24. The van der Waals surface area contributed by atoms with Crippen LogP contribution in [0.1, 0.15) is 12.8 Å². The Labute approximate surface area is 83.3 Å². The summed E-state index contributed by atoms with van der Waals surface area (Å²) in [6.45, 7) is 0.471. The predicted octanol–water partition coefficient (Wildman–Crippen LogP) is -3.41. The van der Waals surface area contributed by atoms with Crippen LogP contribution in [-0.2, 0) is 15.0 Å². The highest BCUT2D eigenvalue weighted by atomic mass is 32.2. The van der Waals surface area contributed by atoms with Gasteiger partial charge in [-0.1, -0.05) is 0 Å². The van der Waals surface area contributed by atoms with Crippen LogP contribution < -0.4 is 9.41 Å². The normalized spacial score (nSPS) is 20.9. The molecule has 1 aliphatic rings. The molecule has 0 amide bonds. The van der Waals surface area contributed by atoms with Crippen LogP contribution in [0.25, 0.3) is 0 Å². The van der Waals surface area contributed by atoms with Gasteiger partial charge < -0.3 is 9.90 Å². The Kier molecular flexibility index (Phi) is 3.46. The van der Waals surface area contributed by atoms with Gasteiger partial charge in [0.05, 0.1) is 13.0 Å². The van der Waals surface area contributed by atoms with Gasteiger partial charge in [-0.05, 0) is 12.8 Å². The van der Waals surface area contributed by atoms with Crippen LogP contribution in [0.5, 0.6) is 0 Å². The van der Waals surface area contributed by atoms with Gasteiger partial charge in [0.25, 0.3) is 0 Å². The Hall–Kier alpha value is -0.660. The van der Waals surface area contributed by atoms with Crippen molar-refractivity contribution in [2.75, 3.05) is 26.7 Å². The van der Waals surface area contributed by atoms with E-state index in [-0.39, 0.29) is 4.31 Å². The summed E-state index contributed by atoms with van der Waals surface area (Å²) in [5.74, 6) is -1.36. The highest BCUT2D eigenvalue weighted by Crippen LogP contribution is 2.08. The molecule has 0 saturated carbocycles. The minimum atomic E-state index is -3.50. The van der Waals surface area contributed by atoms with Crippen molar-refractivity contribution in [3.05, 3.63) is 0 Å². The van der Waals surface area contributed by atoms with Crippen LogP contribution in [-0.4, -0.2) is 45.4 Å². The van der Waals surface area contributed by atoms with Gasteiger partial charge in [-0.3, -0.25) is 0 Å². The maximum atomic E-state index is 11.7. The van der Waals surface area contributed by atoms with Crippen molar-refractivity contribution in [2.24, 2.45) is 0 Å². The maximum absolute atomic E-state index is 11.7. The zero-order valence-electron chi connectivity index (χ0n) is 8.02. The number of hydrogen-bond donors (Lipinski definition) is 1. The molecular formula is C7H14N2O4S. The van der Waals surface area contributed by atoms with Gasteiger partial charge in [-0.25, -0.2) is 4.31 Å². The van der Waals surface area contributed by atoms with E-state index in [0.29, 0.717) is 13.1 Å². The van der Waals surface area contributed by atoms with Crippen LogP contribution in [0, 0.1) is 0 Å². The number of aliphatic carboxylic acids is 1. The minimum Gasteiger partial charge on any atom is -0.544 e. The average Bonchev–Trinajstić information content (AvgIpc) is 2.54. The largest absolute Gasteiger partial charge is 0.544 e. The summed E-state index contributed by atoms with van der Waals surface area (Å²) in [6, 6.07) is 0. The molecular weight excluding hydrogens is 208 g/mol. The van der Waals surface area contributed by atoms with Crippen LogP contribution in [0.3, 0.4) is 0 Å². The summed E-state index contributed by atoms with van der Waals surface area (Å²) in [5.41, 5.74) is 0. The Morgan fingerprint density at radius 3 is 2.36 bits per heavy atom.